The van der Waals surface area contributed by atoms with Crippen molar-refractivity contribution in [3.05, 3.63) is 23.2 Å². The summed E-state index contributed by atoms with van der Waals surface area (Å²) in [6, 6.07) is 5.71. The highest BCUT2D eigenvalue weighted by Gasteiger charge is 2.18. The van der Waals surface area contributed by atoms with Gasteiger partial charge in [-0.2, -0.15) is 0 Å². The molecular weight excluding hydrogens is 264 g/mol. The highest BCUT2D eigenvalue weighted by atomic mass is 35.5. The molecule has 5 heteroatoms. The van der Waals surface area contributed by atoms with Crippen molar-refractivity contribution in [1.82, 2.24) is 4.90 Å². The summed E-state index contributed by atoms with van der Waals surface area (Å²) >= 11 is 6.09. The Labute approximate surface area is 119 Å². The van der Waals surface area contributed by atoms with Gasteiger partial charge < -0.3 is 14.8 Å². The van der Waals surface area contributed by atoms with Gasteiger partial charge in [0.15, 0.2) is 0 Å². The molecule has 0 radical (unpaired) electrons. The van der Waals surface area contributed by atoms with E-state index in [4.69, 9.17) is 21.1 Å². The van der Waals surface area contributed by atoms with E-state index in [2.05, 4.69) is 17.1 Å². The van der Waals surface area contributed by atoms with E-state index in [0.717, 1.165) is 38.5 Å². The van der Waals surface area contributed by atoms with Crippen LogP contribution in [0.4, 0.5) is 5.69 Å². The maximum absolute atomic E-state index is 6.09. The predicted molar refractivity (Wildman–Crippen MR) is 78.3 cm³/mol. The Hall–Kier alpha value is -0.970. The third kappa shape index (κ3) is 4.00. The van der Waals surface area contributed by atoms with Crippen LogP contribution in [0.3, 0.4) is 0 Å². The van der Waals surface area contributed by atoms with E-state index in [9.17, 15) is 0 Å². The maximum atomic E-state index is 6.09. The Kier molecular flexibility index (Phi) is 5.31. The van der Waals surface area contributed by atoms with Gasteiger partial charge in [0.1, 0.15) is 5.75 Å². The van der Waals surface area contributed by atoms with Crippen LogP contribution in [0.5, 0.6) is 5.75 Å². The average Bonchev–Trinajstić information content (AvgIpc) is 2.45. The number of halogens is 1. The molecule has 1 atom stereocenters. The van der Waals surface area contributed by atoms with Crippen molar-refractivity contribution >= 4 is 17.3 Å². The van der Waals surface area contributed by atoms with E-state index < -0.39 is 0 Å². The zero-order valence-corrected chi connectivity index (χ0v) is 12.2. The molecule has 0 bridgehead atoms. The van der Waals surface area contributed by atoms with Crippen molar-refractivity contribution in [1.29, 1.82) is 0 Å². The molecule has 0 amide bonds. The van der Waals surface area contributed by atoms with E-state index in [1.807, 2.05) is 18.2 Å². The van der Waals surface area contributed by atoms with Gasteiger partial charge in [0.2, 0.25) is 0 Å². The first-order valence-corrected chi connectivity index (χ1v) is 7.02. The van der Waals surface area contributed by atoms with Gasteiger partial charge in [0.25, 0.3) is 0 Å². The standard InChI is InChI=1S/C14H21ClN2O2/c1-3-17-6-7-19-12(10-17)9-16-11-4-5-14(18-2)13(15)8-11/h4-5,8,12,16H,3,6-7,9-10H2,1-2H3. The van der Waals surface area contributed by atoms with Crippen LogP contribution >= 0.6 is 11.6 Å². The van der Waals surface area contributed by atoms with Gasteiger partial charge in [-0.3, -0.25) is 4.90 Å². The van der Waals surface area contributed by atoms with Crippen molar-refractivity contribution in [2.24, 2.45) is 0 Å². The number of hydrogen-bond acceptors (Lipinski definition) is 4. The molecule has 1 saturated heterocycles. The van der Waals surface area contributed by atoms with Crippen LogP contribution in [-0.2, 0) is 4.74 Å². The Bertz CT molecular complexity index is 414. The minimum atomic E-state index is 0.231. The molecule has 0 aromatic heterocycles. The molecule has 106 valence electrons. The second kappa shape index (κ2) is 6.98. The summed E-state index contributed by atoms with van der Waals surface area (Å²) < 4.78 is 10.9. The molecule has 0 aliphatic carbocycles. The topological polar surface area (TPSA) is 33.7 Å². The van der Waals surface area contributed by atoms with E-state index in [1.165, 1.54) is 0 Å². The molecule has 1 N–H and O–H groups in total. The zero-order chi connectivity index (χ0) is 13.7. The molecule has 1 heterocycles. The molecule has 2 rings (SSSR count). The van der Waals surface area contributed by atoms with E-state index >= 15 is 0 Å². The third-order valence-electron chi connectivity index (χ3n) is 3.36. The number of methoxy groups -OCH3 is 1. The minimum absolute atomic E-state index is 0.231. The molecule has 0 saturated carbocycles. The van der Waals surface area contributed by atoms with Gasteiger partial charge in [0, 0.05) is 25.3 Å². The van der Waals surface area contributed by atoms with Crippen LogP contribution in [0.2, 0.25) is 5.02 Å². The zero-order valence-electron chi connectivity index (χ0n) is 11.5. The average molecular weight is 285 g/mol. The van der Waals surface area contributed by atoms with Crippen LogP contribution in [-0.4, -0.2) is 50.9 Å². The van der Waals surface area contributed by atoms with Crippen molar-refractivity contribution in [2.75, 3.05) is 45.2 Å². The number of benzene rings is 1. The quantitative estimate of drug-likeness (QED) is 0.901. The minimum Gasteiger partial charge on any atom is -0.495 e. The summed E-state index contributed by atoms with van der Waals surface area (Å²) in [6.45, 7) is 6.87. The van der Waals surface area contributed by atoms with Gasteiger partial charge in [-0.25, -0.2) is 0 Å². The van der Waals surface area contributed by atoms with Crippen molar-refractivity contribution in [3.8, 4) is 5.75 Å². The highest BCUT2D eigenvalue weighted by Crippen LogP contribution is 2.27. The molecule has 0 spiro atoms. The number of likely N-dealkylation sites (N-methyl/N-ethyl adjacent to an activating group) is 1. The van der Waals surface area contributed by atoms with Gasteiger partial charge in [-0.1, -0.05) is 18.5 Å². The Morgan fingerprint density at radius 3 is 3.05 bits per heavy atom. The summed E-state index contributed by atoms with van der Waals surface area (Å²) in [7, 11) is 1.61. The lowest BCUT2D eigenvalue weighted by atomic mass is 10.2. The van der Waals surface area contributed by atoms with Gasteiger partial charge in [0.05, 0.1) is 24.8 Å². The fourth-order valence-electron chi connectivity index (χ4n) is 2.20. The van der Waals surface area contributed by atoms with Crippen molar-refractivity contribution in [3.63, 3.8) is 0 Å². The van der Waals surface area contributed by atoms with E-state index in [0.29, 0.717) is 10.8 Å². The number of nitrogens with zero attached hydrogens (tertiary/aromatic N) is 1. The highest BCUT2D eigenvalue weighted by molar-refractivity contribution is 6.32. The Balaban J connectivity index is 1.86. The maximum Gasteiger partial charge on any atom is 0.137 e. The monoisotopic (exact) mass is 284 g/mol. The van der Waals surface area contributed by atoms with E-state index in [-0.39, 0.29) is 6.10 Å². The first-order valence-electron chi connectivity index (χ1n) is 6.64. The van der Waals surface area contributed by atoms with Crippen LogP contribution in [0.1, 0.15) is 6.92 Å². The lowest BCUT2D eigenvalue weighted by Crippen LogP contribution is -2.45. The largest absolute Gasteiger partial charge is 0.495 e. The SMILES string of the molecule is CCN1CCOC(CNc2ccc(OC)c(Cl)c2)C1. The summed E-state index contributed by atoms with van der Waals surface area (Å²) in [5.41, 5.74) is 0.989. The molecular formula is C14H21ClN2O2. The van der Waals surface area contributed by atoms with Gasteiger partial charge in [-0.15, -0.1) is 0 Å². The van der Waals surface area contributed by atoms with Crippen LogP contribution in [0.15, 0.2) is 18.2 Å². The molecule has 1 aliphatic rings. The summed E-state index contributed by atoms with van der Waals surface area (Å²) in [5, 5.41) is 3.98. The number of hydrogen-bond donors (Lipinski definition) is 1. The normalized spacial score (nSPS) is 20.3. The molecule has 4 nitrogen and oxygen atoms in total. The third-order valence-corrected chi connectivity index (χ3v) is 3.65. The van der Waals surface area contributed by atoms with Gasteiger partial charge >= 0.3 is 0 Å². The number of ether oxygens (including phenoxy) is 2. The number of rotatable bonds is 5. The molecule has 19 heavy (non-hydrogen) atoms. The first-order chi connectivity index (χ1) is 9.22. The smallest absolute Gasteiger partial charge is 0.137 e. The lowest BCUT2D eigenvalue weighted by Gasteiger charge is -2.32. The summed E-state index contributed by atoms with van der Waals surface area (Å²) in [6.07, 6.45) is 0.231. The number of nitrogens with one attached hydrogen (secondary N) is 1. The number of morpholine rings is 1. The second-order valence-corrected chi connectivity index (χ2v) is 5.02. The molecule has 1 aliphatic heterocycles. The van der Waals surface area contributed by atoms with Crippen molar-refractivity contribution < 1.29 is 9.47 Å². The van der Waals surface area contributed by atoms with Crippen LogP contribution < -0.4 is 10.1 Å². The van der Waals surface area contributed by atoms with E-state index in [1.54, 1.807) is 7.11 Å². The lowest BCUT2D eigenvalue weighted by molar-refractivity contribution is -0.0191. The van der Waals surface area contributed by atoms with Crippen LogP contribution in [0.25, 0.3) is 0 Å². The van der Waals surface area contributed by atoms with Crippen molar-refractivity contribution in [2.45, 2.75) is 13.0 Å². The number of anilines is 1. The predicted octanol–water partition coefficient (Wildman–Crippen LogP) is 2.48. The first kappa shape index (κ1) is 14.4. The fourth-order valence-corrected chi connectivity index (χ4v) is 2.46. The van der Waals surface area contributed by atoms with Gasteiger partial charge in [-0.05, 0) is 24.7 Å². The fraction of sp³-hybridized carbons (Fsp3) is 0.571. The summed E-state index contributed by atoms with van der Waals surface area (Å²) in [5.74, 6) is 0.693. The summed E-state index contributed by atoms with van der Waals surface area (Å²) in [4.78, 5) is 2.40. The molecule has 1 aromatic carbocycles. The molecule has 1 aromatic rings. The second-order valence-electron chi connectivity index (χ2n) is 4.62. The molecule has 1 fully saturated rings. The Morgan fingerprint density at radius 1 is 1.53 bits per heavy atom. The Morgan fingerprint density at radius 2 is 2.37 bits per heavy atom. The molecule has 1 unspecified atom stereocenters. The van der Waals surface area contributed by atoms with Crippen LogP contribution in [0, 0.1) is 0 Å².